The number of carbonyl (C=O) groups is 2. The molecule has 0 aliphatic carbocycles. The Morgan fingerprint density at radius 1 is 0.963 bits per heavy atom. The van der Waals surface area contributed by atoms with E-state index in [-0.39, 0.29) is 24.2 Å². The number of carbonyl (C=O) groups excluding carboxylic acids is 2. The van der Waals surface area contributed by atoms with E-state index in [1.165, 1.54) is 11.0 Å². The van der Waals surface area contributed by atoms with Gasteiger partial charge in [-0.2, -0.15) is 0 Å². The van der Waals surface area contributed by atoms with E-state index in [0.29, 0.717) is 42.2 Å². The Labute approximate surface area is 157 Å². The van der Waals surface area contributed by atoms with Crippen LogP contribution in [0.5, 0.6) is 0 Å². The lowest BCUT2D eigenvalue weighted by atomic mass is 10.1. The van der Waals surface area contributed by atoms with Crippen molar-refractivity contribution in [3.05, 3.63) is 71.0 Å². The number of nitrogens with one attached hydrogen (secondary N) is 2. The van der Waals surface area contributed by atoms with Gasteiger partial charge in [0.15, 0.2) is 5.96 Å². The maximum absolute atomic E-state index is 13.6. The van der Waals surface area contributed by atoms with Crippen LogP contribution in [0.4, 0.5) is 4.39 Å². The Balaban J connectivity index is 1.46. The molecule has 0 radical (unpaired) electrons. The minimum Gasteiger partial charge on any atom is -0.356 e. The number of rotatable bonds is 6. The van der Waals surface area contributed by atoms with E-state index in [1.54, 1.807) is 49.5 Å². The van der Waals surface area contributed by atoms with Crippen LogP contribution in [0.15, 0.2) is 53.5 Å². The number of hydrogen-bond donors (Lipinski definition) is 2. The first-order chi connectivity index (χ1) is 13.1. The summed E-state index contributed by atoms with van der Waals surface area (Å²) < 4.78 is 13.6. The van der Waals surface area contributed by atoms with E-state index in [0.717, 1.165) is 0 Å². The predicted octanol–water partition coefficient (Wildman–Crippen LogP) is 1.83. The molecule has 0 bridgehead atoms. The lowest BCUT2D eigenvalue weighted by Crippen LogP contribution is -2.43. The molecule has 0 unspecified atom stereocenters. The quantitative estimate of drug-likeness (QED) is 0.464. The van der Waals surface area contributed by atoms with Crippen LogP contribution in [-0.4, -0.2) is 49.4 Å². The molecule has 0 saturated carbocycles. The third kappa shape index (κ3) is 4.13. The largest absolute Gasteiger partial charge is 0.356 e. The van der Waals surface area contributed by atoms with Gasteiger partial charge in [0.2, 0.25) is 0 Å². The standard InChI is InChI=1S/C20H21FN4O2/c1-22-20(23-11-10-14-6-2-5-9-17(14)21)24-12-13-25-18(26)15-7-3-4-8-16(15)19(25)27/h2-9H,10-13H2,1H3,(H2,22,23,24). The number of nitrogens with zero attached hydrogens (tertiary/aromatic N) is 2. The second-order valence-electron chi connectivity index (χ2n) is 6.07. The number of amides is 2. The van der Waals surface area contributed by atoms with E-state index in [2.05, 4.69) is 15.6 Å². The molecule has 27 heavy (non-hydrogen) atoms. The van der Waals surface area contributed by atoms with Crippen molar-refractivity contribution in [2.45, 2.75) is 6.42 Å². The van der Waals surface area contributed by atoms with E-state index < -0.39 is 0 Å². The fourth-order valence-corrected chi connectivity index (χ4v) is 2.97. The van der Waals surface area contributed by atoms with Gasteiger partial charge >= 0.3 is 0 Å². The molecular weight excluding hydrogens is 347 g/mol. The van der Waals surface area contributed by atoms with Crippen molar-refractivity contribution in [3.8, 4) is 0 Å². The van der Waals surface area contributed by atoms with Crippen LogP contribution < -0.4 is 10.6 Å². The zero-order valence-corrected chi connectivity index (χ0v) is 15.0. The van der Waals surface area contributed by atoms with Crippen LogP contribution in [0.25, 0.3) is 0 Å². The van der Waals surface area contributed by atoms with E-state index in [4.69, 9.17) is 0 Å². The van der Waals surface area contributed by atoms with E-state index in [1.807, 2.05) is 0 Å². The van der Waals surface area contributed by atoms with Gasteiger partial charge in [0.1, 0.15) is 5.82 Å². The van der Waals surface area contributed by atoms with Crippen molar-refractivity contribution in [3.63, 3.8) is 0 Å². The van der Waals surface area contributed by atoms with Crippen molar-refractivity contribution < 1.29 is 14.0 Å². The number of guanidine groups is 1. The van der Waals surface area contributed by atoms with Crippen molar-refractivity contribution in [1.82, 2.24) is 15.5 Å². The summed E-state index contributed by atoms with van der Waals surface area (Å²) in [6, 6.07) is 13.4. The van der Waals surface area contributed by atoms with Crippen LogP contribution in [0.3, 0.4) is 0 Å². The van der Waals surface area contributed by atoms with Gasteiger partial charge in [-0.1, -0.05) is 30.3 Å². The minimum absolute atomic E-state index is 0.229. The molecule has 2 aromatic carbocycles. The van der Waals surface area contributed by atoms with Crippen LogP contribution in [0.2, 0.25) is 0 Å². The highest BCUT2D eigenvalue weighted by atomic mass is 19.1. The summed E-state index contributed by atoms with van der Waals surface area (Å²) >= 11 is 0. The number of halogens is 1. The molecule has 2 amide bonds. The number of hydrogen-bond acceptors (Lipinski definition) is 3. The molecule has 0 spiro atoms. The molecular formula is C20H21FN4O2. The fraction of sp³-hybridized carbons (Fsp3) is 0.250. The van der Waals surface area contributed by atoms with Gasteiger partial charge in [-0.15, -0.1) is 0 Å². The number of aliphatic imine (C=N–C) groups is 1. The summed E-state index contributed by atoms with van der Waals surface area (Å²) in [5.41, 5.74) is 1.51. The highest BCUT2D eigenvalue weighted by molar-refractivity contribution is 6.21. The monoisotopic (exact) mass is 368 g/mol. The first kappa shape index (κ1) is 18.6. The number of fused-ring (bicyclic) bond motifs is 1. The Hall–Kier alpha value is -3.22. The molecule has 0 saturated heterocycles. The minimum atomic E-state index is -0.278. The highest BCUT2D eigenvalue weighted by Crippen LogP contribution is 2.21. The first-order valence-electron chi connectivity index (χ1n) is 8.75. The lowest BCUT2D eigenvalue weighted by Gasteiger charge is -2.16. The Morgan fingerprint density at radius 2 is 1.56 bits per heavy atom. The summed E-state index contributed by atoms with van der Waals surface area (Å²) in [6.45, 7) is 1.11. The van der Waals surface area contributed by atoms with Gasteiger partial charge in [0.25, 0.3) is 11.8 Å². The smallest absolute Gasteiger partial charge is 0.261 e. The molecule has 140 valence electrons. The molecule has 0 aromatic heterocycles. The topological polar surface area (TPSA) is 73.8 Å². The van der Waals surface area contributed by atoms with Gasteiger partial charge < -0.3 is 10.6 Å². The Bertz CT molecular complexity index is 847. The predicted molar refractivity (Wildman–Crippen MR) is 101 cm³/mol. The first-order valence-corrected chi connectivity index (χ1v) is 8.75. The van der Waals surface area contributed by atoms with Crippen molar-refractivity contribution in [2.75, 3.05) is 26.7 Å². The molecule has 0 atom stereocenters. The molecule has 7 heteroatoms. The average Bonchev–Trinajstić information content (AvgIpc) is 2.93. The number of imide groups is 1. The van der Waals surface area contributed by atoms with Gasteiger partial charge in [-0.25, -0.2) is 4.39 Å². The van der Waals surface area contributed by atoms with Gasteiger partial charge in [-0.3, -0.25) is 19.5 Å². The second-order valence-corrected chi connectivity index (χ2v) is 6.07. The van der Waals surface area contributed by atoms with Crippen LogP contribution in [0, 0.1) is 5.82 Å². The summed E-state index contributed by atoms with van der Waals surface area (Å²) in [7, 11) is 1.63. The molecule has 2 N–H and O–H groups in total. The molecule has 6 nitrogen and oxygen atoms in total. The molecule has 1 heterocycles. The molecule has 1 aliphatic heterocycles. The normalized spacial score (nSPS) is 13.7. The fourth-order valence-electron chi connectivity index (χ4n) is 2.97. The molecule has 0 fully saturated rings. The molecule has 2 aromatic rings. The SMILES string of the molecule is CN=C(NCCc1ccccc1F)NCCN1C(=O)c2ccccc2C1=O. The summed E-state index contributed by atoms with van der Waals surface area (Å²) in [5, 5.41) is 6.16. The van der Waals surface area contributed by atoms with Crippen molar-refractivity contribution in [2.24, 2.45) is 4.99 Å². The van der Waals surface area contributed by atoms with Crippen LogP contribution in [0.1, 0.15) is 26.3 Å². The molecule has 3 rings (SSSR count). The van der Waals surface area contributed by atoms with Crippen LogP contribution in [-0.2, 0) is 6.42 Å². The van der Waals surface area contributed by atoms with Gasteiger partial charge in [0.05, 0.1) is 11.1 Å². The third-order valence-electron chi connectivity index (χ3n) is 4.37. The van der Waals surface area contributed by atoms with Crippen molar-refractivity contribution in [1.29, 1.82) is 0 Å². The van der Waals surface area contributed by atoms with Gasteiger partial charge in [0, 0.05) is 26.7 Å². The Kier molecular flexibility index (Phi) is 5.80. The third-order valence-corrected chi connectivity index (χ3v) is 4.37. The zero-order chi connectivity index (χ0) is 19.2. The summed E-state index contributed by atoms with van der Waals surface area (Å²) in [4.78, 5) is 29.9. The Morgan fingerprint density at radius 3 is 2.19 bits per heavy atom. The summed E-state index contributed by atoms with van der Waals surface area (Å²) in [6.07, 6.45) is 0.520. The lowest BCUT2D eigenvalue weighted by molar-refractivity contribution is 0.0657. The average molecular weight is 368 g/mol. The maximum atomic E-state index is 13.6. The molecule has 1 aliphatic rings. The zero-order valence-electron chi connectivity index (χ0n) is 15.0. The van der Waals surface area contributed by atoms with E-state index >= 15 is 0 Å². The van der Waals surface area contributed by atoms with Crippen LogP contribution >= 0.6 is 0 Å². The maximum Gasteiger partial charge on any atom is 0.261 e. The number of benzene rings is 2. The highest BCUT2D eigenvalue weighted by Gasteiger charge is 2.34. The second kappa shape index (κ2) is 8.44. The van der Waals surface area contributed by atoms with E-state index in [9.17, 15) is 14.0 Å². The van der Waals surface area contributed by atoms with Crippen molar-refractivity contribution >= 4 is 17.8 Å². The van der Waals surface area contributed by atoms with Gasteiger partial charge in [-0.05, 0) is 30.2 Å². The summed E-state index contributed by atoms with van der Waals surface area (Å²) in [5.74, 6) is -0.254.